The Bertz CT molecular complexity index is 1070. The first-order chi connectivity index (χ1) is 14.0. The van der Waals surface area contributed by atoms with Crippen LogP contribution in [0.5, 0.6) is 0 Å². The summed E-state index contributed by atoms with van der Waals surface area (Å²) in [4.78, 5) is 17.1. The predicted octanol–water partition coefficient (Wildman–Crippen LogP) is 6.44. The second kappa shape index (κ2) is 7.21. The van der Waals surface area contributed by atoms with E-state index >= 15 is 0 Å². The summed E-state index contributed by atoms with van der Waals surface area (Å²) in [6.07, 6.45) is 6.99. The average molecular weight is 453 g/mol. The van der Waals surface area contributed by atoms with E-state index in [1.54, 1.807) is 12.1 Å². The van der Waals surface area contributed by atoms with Gasteiger partial charge in [0.2, 0.25) is 5.91 Å². The van der Waals surface area contributed by atoms with Crippen molar-refractivity contribution < 1.29 is 9.18 Å². The second-order valence-corrected chi connectivity index (χ2v) is 9.37. The standard InChI is InChI=1S/C24H22BrFN2O/c25-16-1-4-18(5-2-16)28-23(29)21-14-24(21)10-7-15(8-11-24)19-9-12-27-22-6-3-17(26)13-20(19)22/h1-6,9,12-13,15,21H,7-8,10-11,14H2,(H,28,29). The van der Waals surface area contributed by atoms with E-state index in [-0.39, 0.29) is 23.1 Å². The smallest absolute Gasteiger partial charge is 0.228 e. The number of anilines is 1. The van der Waals surface area contributed by atoms with Gasteiger partial charge in [0.15, 0.2) is 0 Å². The zero-order valence-electron chi connectivity index (χ0n) is 16.0. The van der Waals surface area contributed by atoms with Crippen LogP contribution in [0.25, 0.3) is 10.9 Å². The number of hydrogen-bond donors (Lipinski definition) is 1. The zero-order valence-corrected chi connectivity index (χ0v) is 17.6. The minimum absolute atomic E-state index is 0.110. The summed E-state index contributed by atoms with van der Waals surface area (Å²) in [6.45, 7) is 0. The van der Waals surface area contributed by atoms with Crippen molar-refractivity contribution in [3.63, 3.8) is 0 Å². The summed E-state index contributed by atoms with van der Waals surface area (Å²) in [6, 6.07) is 14.6. The van der Waals surface area contributed by atoms with Crippen LogP contribution in [0.3, 0.4) is 0 Å². The molecule has 1 spiro atoms. The lowest BCUT2D eigenvalue weighted by Gasteiger charge is -2.30. The number of benzene rings is 2. The van der Waals surface area contributed by atoms with Crippen LogP contribution in [0, 0.1) is 17.2 Å². The topological polar surface area (TPSA) is 42.0 Å². The van der Waals surface area contributed by atoms with Gasteiger partial charge in [-0.25, -0.2) is 4.39 Å². The van der Waals surface area contributed by atoms with Crippen molar-refractivity contribution in [3.05, 3.63) is 70.6 Å². The molecule has 0 aliphatic heterocycles. The number of carbonyl (C=O) groups excluding carboxylic acids is 1. The number of carbonyl (C=O) groups is 1. The largest absolute Gasteiger partial charge is 0.326 e. The molecule has 29 heavy (non-hydrogen) atoms. The van der Waals surface area contributed by atoms with Gasteiger partial charge in [0.1, 0.15) is 5.82 Å². The van der Waals surface area contributed by atoms with Crippen LogP contribution in [-0.2, 0) is 4.79 Å². The average Bonchev–Trinajstić information content (AvgIpc) is 3.43. The Morgan fingerprint density at radius 3 is 2.62 bits per heavy atom. The molecular formula is C24H22BrFN2O. The maximum atomic E-state index is 13.8. The van der Waals surface area contributed by atoms with Crippen molar-refractivity contribution in [2.45, 2.75) is 38.0 Å². The molecule has 2 aliphatic rings. The fourth-order valence-electron chi connectivity index (χ4n) is 5.03. The monoisotopic (exact) mass is 452 g/mol. The molecule has 2 aliphatic carbocycles. The molecule has 2 aromatic carbocycles. The van der Waals surface area contributed by atoms with Crippen molar-refractivity contribution in [3.8, 4) is 0 Å². The lowest BCUT2D eigenvalue weighted by Crippen LogP contribution is -2.22. The van der Waals surface area contributed by atoms with Crippen LogP contribution in [0.2, 0.25) is 0 Å². The van der Waals surface area contributed by atoms with Gasteiger partial charge in [-0.05, 0) is 97.5 Å². The summed E-state index contributed by atoms with van der Waals surface area (Å²) in [5, 5.41) is 3.99. The normalized spacial score (nSPS) is 25.9. The summed E-state index contributed by atoms with van der Waals surface area (Å²) in [7, 11) is 0. The van der Waals surface area contributed by atoms with Gasteiger partial charge in [-0.3, -0.25) is 9.78 Å². The summed E-state index contributed by atoms with van der Waals surface area (Å²) < 4.78 is 14.8. The number of hydrogen-bond acceptors (Lipinski definition) is 2. The first-order valence-electron chi connectivity index (χ1n) is 10.1. The van der Waals surface area contributed by atoms with E-state index in [1.165, 1.54) is 11.6 Å². The van der Waals surface area contributed by atoms with Gasteiger partial charge in [-0.1, -0.05) is 15.9 Å². The lowest BCUT2D eigenvalue weighted by atomic mass is 9.75. The highest BCUT2D eigenvalue weighted by Crippen LogP contribution is 2.63. The fourth-order valence-corrected chi connectivity index (χ4v) is 5.30. The van der Waals surface area contributed by atoms with E-state index in [2.05, 4.69) is 26.2 Å². The second-order valence-electron chi connectivity index (χ2n) is 8.45. The molecular weight excluding hydrogens is 431 g/mol. The predicted molar refractivity (Wildman–Crippen MR) is 116 cm³/mol. The summed E-state index contributed by atoms with van der Waals surface area (Å²) in [5.41, 5.74) is 3.05. The van der Waals surface area contributed by atoms with Crippen LogP contribution >= 0.6 is 15.9 Å². The van der Waals surface area contributed by atoms with Crippen LogP contribution in [0.4, 0.5) is 10.1 Å². The molecule has 1 atom stereocenters. The Hall–Kier alpha value is -2.27. The number of pyridine rings is 1. The van der Waals surface area contributed by atoms with Gasteiger partial charge in [0.25, 0.3) is 0 Å². The van der Waals surface area contributed by atoms with Gasteiger partial charge in [0, 0.05) is 27.7 Å². The molecule has 0 saturated heterocycles. The maximum absolute atomic E-state index is 13.8. The number of aromatic nitrogens is 1. The third kappa shape index (κ3) is 3.57. The number of halogens is 2. The van der Waals surface area contributed by atoms with E-state index in [0.29, 0.717) is 5.92 Å². The first-order valence-corrected chi connectivity index (χ1v) is 10.9. The summed E-state index contributed by atoms with van der Waals surface area (Å²) in [5.74, 6) is 0.440. The molecule has 1 N–H and O–H groups in total. The number of nitrogens with zero attached hydrogens (tertiary/aromatic N) is 1. The van der Waals surface area contributed by atoms with E-state index in [1.807, 2.05) is 36.5 Å². The lowest BCUT2D eigenvalue weighted by molar-refractivity contribution is -0.118. The van der Waals surface area contributed by atoms with Gasteiger partial charge in [-0.2, -0.15) is 0 Å². The van der Waals surface area contributed by atoms with Crippen LogP contribution < -0.4 is 5.32 Å². The number of fused-ring (bicyclic) bond motifs is 1. The third-order valence-electron chi connectivity index (χ3n) is 6.78. The SMILES string of the molecule is O=C(Nc1ccc(Br)cc1)C1CC12CCC(c1ccnc3ccc(F)cc13)CC2. The molecule has 3 nitrogen and oxygen atoms in total. The van der Waals surface area contributed by atoms with Gasteiger partial charge in [-0.15, -0.1) is 0 Å². The van der Waals surface area contributed by atoms with Crippen molar-refractivity contribution in [1.29, 1.82) is 0 Å². The van der Waals surface area contributed by atoms with Gasteiger partial charge in [0.05, 0.1) is 5.52 Å². The molecule has 1 heterocycles. The van der Waals surface area contributed by atoms with Crippen molar-refractivity contribution in [2.75, 3.05) is 5.32 Å². The van der Waals surface area contributed by atoms with E-state index < -0.39 is 0 Å². The summed E-state index contributed by atoms with van der Waals surface area (Å²) >= 11 is 3.42. The van der Waals surface area contributed by atoms with Crippen molar-refractivity contribution in [2.24, 2.45) is 11.3 Å². The van der Waals surface area contributed by atoms with Crippen molar-refractivity contribution >= 4 is 38.4 Å². The molecule has 1 amide bonds. The molecule has 0 bridgehead atoms. The van der Waals surface area contributed by atoms with E-state index in [9.17, 15) is 9.18 Å². The highest BCUT2D eigenvalue weighted by molar-refractivity contribution is 9.10. The molecule has 148 valence electrons. The molecule has 5 rings (SSSR count). The Balaban J connectivity index is 1.26. The number of rotatable bonds is 3. The van der Waals surface area contributed by atoms with Crippen LogP contribution in [-0.4, -0.2) is 10.9 Å². The molecule has 1 aromatic heterocycles. The fraction of sp³-hybridized carbons (Fsp3) is 0.333. The zero-order chi connectivity index (χ0) is 20.0. The Labute approximate surface area is 177 Å². The van der Waals surface area contributed by atoms with Crippen LogP contribution in [0.15, 0.2) is 59.2 Å². The minimum Gasteiger partial charge on any atom is -0.326 e. The molecule has 0 radical (unpaired) electrons. The van der Waals surface area contributed by atoms with Crippen molar-refractivity contribution in [1.82, 2.24) is 4.98 Å². The van der Waals surface area contributed by atoms with Gasteiger partial charge >= 0.3 is 0 Å². The highest BCUT2D eigenvalue weighted by Gasteiger charge is 2.58. The van der Waals surface area contributed by atoms with E-state index in [4.69, 9.17) is 0 Å². The Morgan fingerprint density at radius 1 is 1.10 bits per heavy atom. The first kappa shape index (κ1) is 18.7. The third-order valence-corrected chi connectivity index (χ3v) is 7.31. The molecule has 1 unspecified atom stereocenters. The van der Waals surface area contributed by atoms with E-state index in [0.717, 1.165) is 53.2 Å². The maximum Gasteiger partial charge on any atom is 0.228 e. The minimum atomic E-state index is -0.217. The highest BCUT2D eigenvalue weighted by atomic mass is 79.9. The molecule has 2 saturated carbocycles. The quantitative estimate of drug-likeness (QED) is 0.496. The van der Waals surface area contributed by atoms with Gasteiger partial charge < -0.3 is 5.32 Å². The molecule has 3 aromatic rings. The molecule has 2 fully saturated rings. The number of nitrogens with one attached hydrogen (secondary N) is 1. The Morgan fingerprint density at radius 2 is 1.86 bits per heavy atom. The Kier molecular flexibility index (Phi) is 4.66. The van der Waals surface area contributed by atoms with Crippen LogP contribution in [0.1, 0.15) is 43.6 Å². The number of amides is 1. The molecule has 5 heteroatoms.